The molecule has 3 heteroatoms. The maximum absolute atomic E-state index is 13.1. The molecule has 0 unspecified atom stereocenters. The van der Waals surface area contributed by atoms with Gasteiger partial charge < -0.3 is 4.90 Å². The van der Waals surface area contributed by atoms with Crippen LogP contribution in [0.5, 0.6) is 0 Å². The average molecular weight is 342 g/mol. The van der Waals surface area contributed by atoms with Crippen LogP contribution in [-0.4, -0.2) is 17.4 Å². The van der Waals surface area contributed by atoms with E-state index in [-0.39, 0.29) is 17.9 Å². The Hall–Kier alpha value is -1.80. The van der Waals surface area contributed by atoms with Gasteiger partial charge in [0.1, 0.15) is 0 Å². The van der Waals surface area contributed by atoms with Crippen LogP contribution in [0.1, 0.15) is 49.4 Å². The first kappa shape index (κ1) is 17.0. The van der Waals surface area contributed by atoms with Crippen LogP contribution in [-0.2, 0) is 11.2 Å². The lowest BCUT2D eigenvalue weighted by Gasteiger charge is -2.39. The molecule has 0 spiro atoms. The molecule has 2 aromatic rings. The molecule has 0 saturated heterocycles. The van der Waals surface area contributed by atoms with Gasteiger partial charge in [0.15, 0.2) is 0 Å². The zero-order chi connectivity index (χ0) is 17.1. The highest BCUT2D eigenvalue weighted by Gasteiger charge is 2.34. The largest absolute Gasteiger partial charge is 0.331 e. The molecule has 126 valence electrons. The Morgan fingerprint density at radius 3 is 2.38 bits per heavy atom. The minimum absolute atomic E-state index is 0.0836. The third kappa shape index (κ3) is 3.08. The van der Waals surface area contributed by atoms with Crippen molar-refractivity contribution in [3.05, 3.63) is 70.2 Å². The molecule has 0 fully saturated rings. The zero-order valence-corrected chi connectivity index (χ0v) is 15.1. The second-order valence-corrected chi connectivity index (χ2v) is 6.83. The van der Waals surface area contributed by atoms with Crippen molar-refractivity contribution in [2.75, 3.05) is 6.54 Å². The van der Waals surface area contributed by atoms with Crippen molar-refractivity contribution >= 4 is 17.5 Å². The SMILES string of the molecule is CCC(CC)C(=O)N1CCc2ccccc2[C@@H]1c1ccccc1Cl. The highest BCUT2D eigenvalue weighted by molar-refractivity contribution is 6.31. The minimum Gasteiger partial charge on any atom is -0.331 e. The monoisotopic (exact) mass is 341 g/mol. The number of rotatable bonds is 4. The molecule has 0 saturated carbocycles. The molecule has 0 aromatic heterocycles. The van der Waals surface area contributed by atoms with Crippen LogP contribution in [0.15, 0.2) is 48.5 Å². The summed E-state index contributed by atoms with van der Waals surface area (Å²) in [6.45, 7) is 4.94. The maximum atomic E-state index is 13.1. The lowest BCUT2D eigenvalue weighted by Crippen LogP contribution is -2.43. The van der Waals surface area contributed by atoms with Crippen LogP contribution in [0.3, 0.4) is 0 Å². The van der Waals surface area contributed by atoms with E-state index in [1.807, 2.05) is 35.2 Å². The van der Waals surface area contributed by atoms with Gasteiger partial charge >= 0.3 is 0 Å². The third-order valence-corrected chi connectivity index (χ3v) is 5.45. The van der Waals surface area contributed by atoms with E-state index in [1.165, 1.54) is 11.1 Å². The van der Waals surface area contributed by atoms with Gasteiger partial charge in [0.05, 0.1) is 6.04 Å². The molecule has 0 bridgehead atoms. The predicted molar refractivity (Wildman–Crippen MR) is 99.2 cm³/mol. The molecule has 1 heterocycles. The first-order valence-corrected chi connectivity index (χ1v) is 9.17. The molecular weight excluding hydrogens is 318 g/mol. The Kier molecular flexibility index (Phi) is 5.25. The van der Waals surface area contributed by atoms with E-state index < -0.39 is 0 Å². The molecular formula is C21H24ClNO. The second-order valence-electron chi connectivity index (χ2n) is 6.42. The number of carbonyl (C=O) groups excluding carboxylic acids is 1. The lowest BCUT2D eigenvalue weighted by molar-refractivity contribution is -0.137. The summed E-state index contributed by atoms with van der Waals surface area (Å²) in [5, 5.41) is 0.724. The summed E-state index contributed by atoms with van der Waals surface area (Å²) < 4.78 is 0. The molecule has 2 aromatic carbocycles. The van der Waals surface area contributed by atoms with Gasteiger partial charge in [0, 0.05) is 17.5 Å². The summed E-state index contributed by atoms with van der Waals surface area (Å²) in [6, 6.07) is 16.2. The highest BCUT2D eigenvalue weighted by Crippen LogP contribution is 2.39. The van der Waals surface area contributed by atoms with E-state index in [2.05, 4.69) is 32.0 Å². The van der Waals surface area contributed by atoms with Crippen LogP contribution < -0.4 is 0 Å². The number of carbonyl (C=O) groups is 1. The van der Waals surface area contributed by atoms with E-state index in [0.717, 1.165) is 36.4 Å². The summed E-state index contributed by atoms with van der Waals surface area (Å²) in [6.07, 6.45) is 2.66. The fourth-order valence-electron chi connectivity index (χ4n) is 3.71. The van der Waals surface area contributed by atoms with Crippen molar-refractivity contribution < 1.29 is 4.79 Å². The molecule has 1 aliphatic rings. The number of nitrogens with zero attached hydrogens (tertiary/aromatic N) is 1. The smallest absolute Gasteiger partial charge is 0.226 e. The van der Waals surface area contributed by atoms with E-state index in [9.17, 15) is 4.79 Å². The Morgan fingerprint density at radius 1 is 1.08 bits per heavy atom. The second kappa shape index (κ2) is 7.40. The first-order chi connectivity index (χ1) is 11.7. The number of amides is 1. The van der Waals surface area contributed by atoms with Crippen LogP contribution >= 0.6 is 11.6 Å². The van der Waals surface area contributed by atoms with Crippen molar-refractivity contribution in [3.8, 4) is 0 Å². The number of fused-ring (bicyclic) bond motifs is 1. The summed E-state index contributed by atoms with van der Waals surface area (Å²) in [5.41, 5.74) is 3.54. The van der Waals surface area contributed by atoms with Crippen LogP contribution in [0.4, 0.5) is 0 Å². The van der Waals surface area contributed by atoms with E-state index >= 15 is 0 Å². The van der Waals surface area contributed by atoms with Gasteiger partial charge in [-0.15, -0.1) is 0 Å². The molecule has 24 heavy (non-hydrogen) atoms. The van der Waals surface area contributed by atoms with Gasteiger partial charge in [-0.2, -0.15) is 0 Å². The van der Waals surface area contributed by atoms with Crippen LogP contribution in [0, 0.1) is 5.92 Å². The normalized spacial score (nSPS) is 17.0. The molecule has 0 radical (unpaired) electrons. The van der Waals surface area contributed by atoms with Crippen molar-refractivity contribution in [1.29, 1.82) is 0 Å². The first-order valence-electron chi connectivity index (χ1n) is 8.80. The molecule has 1 amide bonds. The quantitative estimate of drug-likeness (QED) is 0.743. The van der Waals surface area contributed by atoms with Crippen molar-refractivity contribution in [2.24, 2.45) is 5.92 Å². The summed E-state index contributed by atoms with van der Waals surface area (Å²) in [4.78, 5) is 15.2. The van der Waals surface area contributed by atoms with Gasteiger partial charge in [-0.25, -0.2) is 0 Å². The number of hydrogen-bond donors (Lipinski definition) is 0. The molecule has 1 atom stereocenters. The molecule has 2 nitrogen and oxygen atoms in total. The third-order valence-electron chi connectivity index (χ3n) is 5.10. The maximum Gasteiger partial charge on any atom is 0.226 e. The summed E-state index contributed by atoms with van der Waals surface area (Å²) >= 11 is 6.50. The molecule has 3 rings (SSSR count). The number of benzene rings is 2. The van der Waals surface area contributed by atoms with Gasteiger partial charge in [-0.05, 0) is 42.0 Å². The Bertz CT molecular complexity index is 723. The standard InChI is InChI=1S/C21H24ClNO/c1-3-15(4-2)21(24)23-14-13-16-9-5-6-10-17(16)20(23)18-11-7-8-12-19(18)22/h5-12,15,20H,3-4,13-14H2,1-2H3/t20-/m1/s1. The Morgan fingerprint density at radius 2 is 1.71 bits per heavy atom. The Balaban J connectivity index is 2.09. The molecule has 1 aliphatic heterocycles. The van der Waals surface area contributed by atoms with Crippen molar-refractivity contribution in [3.63, 3.8) is 0 Å². The van der Waals surface area contributed by atoms with Gasteiger partial charge in [-0.1, -0.05) is 67.9 Å². The average Bonchev–Trinajstić information content (AvgIpc) is 2.62. The topological polar surface area (TPSA) is 20.3 Å². The lowest BCUT2D eigenvalue weighted by atomic mass is 9.86. The highest BCUT2D eigenvalue weighted by atomic mass is 35.5. The fraction of sp³-hybridized carbons (Fsp3) is 0.381. The minimum atomic E-state index is -0.0863. The fourth-order valence-corrected chi connectivity index (χ4v) is 3.95. The molecule has 0 N–H and O–H groups in total. The van der Waals surface area contributed by atoms with Crippen molar-refractivity contribution in [2.45, 2.75) is 39.2 Å². The summed E-state index contributed by atoms with van der Waals surface area (Å²) in [5.74, 6) is 0.333. The summed E-state index contributed by atoms with van der Waals surface area (Å²) in [7, 11) is 0. The van der Waals surface area contributed by atoms with E-state index in [4.69, 9.17) is 11.6 Å². The Labute approximate surface area is 149 Å². The van der Waals surface area contributed by atoms with Gasteiger partial charge in [0.2, 0.25) is 5.91 Å². The van der Waals surface area contributed by atoms with E-state index in [1.54, 1.807) is 0 Å². The van der Waals surface area contributed by atoms with Crippen molar-refractivity contribution in [1.82, 2.24) is 4.90 Å². The predicted octanol–water partition coefficient (Wildman–Crippen LogP) is 5.25. The zero-order valence-electron chi connectivity index (χ0n) is 14.3. The van der Waals surface area contributed by atoms with E-state index in [0.29, 0.717) is 0 Å². The number of halogens is 1. The van der Waals surface area contributed by atoms with Gasteiger partial charge in [-0.3, -0.25) is 4.79 Å². The number of hydrogen-bond acceptors (Lipinski definition) is 1. The van der Waals surface area contributed by atoms with Crippen LogP contribution in [0.25, 0.3) is 0 Å². The van der Waals surface area contributed by atoms with Gasteiger partial charge in [0.25, 0.3) is 0 Å². The van der Waals surface area contributed by atoms with Crippen LogP contribution in [0.2, 0.25) is 5.02 Å². The molecule has 0 aliphatic carbocycles.